The Kier molecular flexibility index (Phi) is 3.60. The molecular formula is C17H16N4O3. The highest BCUT2D eigenvalue weighted by Gasteiger charge is 2.33. The molecule has 122 valence electrons. The molecule has 1 unspecified atom stereocenters. The molecular weight excluding hydrogens is 308 g/mol. The summed E-state index contributed by atoms with van der Waals surface area (Å²) in [5.41, 5.74) is 1.67. The molecule has 3 rings (SSSR count). The van der Waals surface area contributed by atoms with Crippen LogP contribution in [-0.2, 0) is 10.5 Å². The number of hydrogen-bond acceptors (Lipinski definition) is 6. The summed E-state index contributed by atoms with van der Waals surface area (Å²) >= 11 is 0. The predicted octanol–water partition coefficient (Wildman–Crippen LogP) is 2.64. The summed E-state index contributed by atoms with van der Waals surface area (Å²) < 4.78 is 5.92. The average Bonchev–Trinajstić information content (AvgIpc) is 2.98. The van der Waals surface area contributed by atoms with E-state index in [1.165, 1.54) is 12.4 Å². The third-order valence-corrected chi connectivity index (χ3v) is 3.90. The van der Waals surface area contributed by atoms with Gasteiger partial charge in [-0.3, -0.25) is 4.99 Å². The van der Waals surface area contributed by atoms with Gasteiger partial charge >= 0.3 is 5.97 Å². The van der Waals surface area contributed by atoms with Gasteiger partial charge in [0.15, 0.2) is 5.58 Å². The fourth-order valence-electron chi connectivity index (χ4n) is 2.49. The van der Waals surface area contributed by atoms with Crippen LogP contribution in [0.1, 0.15) is 43.7 Å². The zero-order valence-electron chi connectivity index (χ0n) is 13.5. The summed E-state index contributed by atoms with van der Waals surface area (Å²) in [6.07, 6.45) is 2.64. The molecule has 1 aliphatic heterocycles. The Hall–Kier alpha value is -3.14. The lowest BCUT2D eigenvalue weighted by Crippen LogP contribution is -2.38. The van der Waals surface area contributed by atoms with Gasteiger partial charge in [-0.25, -0.2) is 9.78 Å². The lowest BCUT2D eigenvalue weighted by Gasteiger charge is -2.24. The number of benzene rings is 1. The summed E-state index contributed by atoms with van der Waals surface area (Å²) in [7, 11) is 0. The van der Waals surface area contributed by atoms with Crippen LogP contribution in [0.25, 0.3) is 11.1 Å². The first-order chi connectivity index (χ1) is 11.3. The molecule has 2 heterocycles. The molecule has 2 aromatic rings. The van der Waals surface area contributed by atoms with Crippen LogP contribution in [0, 0.1) is 11.3 Å². The van der Waals surface area contributed by atoms with Gasteiger partial charge in [-0.1, -0.05) is 13.8 Å². The van der Waals surface area contributed by atoms with E-state index in [9.17, 15) is 10.1 Å². The van der Waals surface area contributed by atoms with Gasteiger partial charge in [-0.15, -0.1) is 0 Å². The van der Waals surface area contributed by atoms with Crippen LogP contribution >= 0.6 is 0 Å². The summed E-state index contributed by atoms with van der Waals surface area (Å²) in [6.45, 7) is 5.76. The minimum atomic E-state index is -1.06. The molecule has 0 spiro atoms. The summed E-state index contributed by atoms with van der Waals surface area (Å²) in [4.78, 5) is 19.7. The summed E-state index contributed by atoms with van der Waals surface area (Å²) in [6, 6.07) is 5.59. The highest BCUT2D eigenvalue weighted by molar-refractivity contribution is 6.08. The summed E-state index contributed by atoms with van der Waals surface area (Å²) in [5, 5.41) is 21.1. The second-order valence-electron chi connectivity index (χ2n) is 6.08. The fourth-order valence-corrected chi connectivity index (χ4v) is 2.49. The molecule has 0 radical (unpaired) electrons. The first-order valence-corrected chi connectivity index (χ1v) is 7.45. The van der Waals surface area contributed by atoms with Crippen LogP contribution in [0.3, 0.4) is 0 Å². The highest BCUT2D eigenvalue weighted by atomic mass is 16.4. The second-order valence-corrected chi connectivity index (χ2v) is 6.08. The highest BCUT2D eigenvalue weighted by Crippen LogP contribution is 2.32. The molecule has 2 N–H and O–H groups in total. The Balaban J connectivity index is 2.09. The monoisotopic (exact) mass is 324 g/mol. The lowest BCUT2D eigenvalue weighted by atomic mass is 10.00. The number of nitrogens with zero attached hydrogens (tertiary/aromatic N) is 3. The van der Waals surface area contributed by atoms with Crippen molar-refractivity contribution in [1.29, 1.82) is 5.26 Å². The second kappa shape index (κ2) is 5.49. The van der Waals surface area contributed by atoms with Gasteiger partial charge in [0.1, 0.15) is 5.52 Å². The van der Waals surface area contributed by atoms with Crippen molar-refractivity contribution in [2.24, 2.45) is 4.99 Å². The van der Waals surface area contributed by atoms with E-state index >= 15 is 0 Å². The van der Waals surface area contributed by atoms with E-state index < -0.39 is 11.6 Å². The van der Waals surface area contributed by atoms with Crippen molar-refractivity contribution in [1.82, 2.24) is 10.3 Å². The number of carboxylic acid groups (broad SMARTS) is 1. The molecule has 0 aliphatic carbocycles. The minimum absolute atomic E-state index is 0.0539. The standard InChI is InChI=1S/C17H16N4O3/c1-9(2)12-4-10(6-18)5-13-14(12)24-16(21-13)17(3)19-7-11(8-20-17)15(22)23/h4-5,7-9,19H,1-3H3,(H,22,23). The maximum Gasteiger partial charge on any atom is 0.338 e. The van der Waals surface area contributed by atoms with Gasteiger partial charge in [-0.2, -0.15) is 5.26 Å². The number of rotatable bonds is 3. The molecule has 1 aromatic carbocycles. The third-order valence-electron chi connectivity index (χ3n) is 3.90. The zero-order chi connectivity index (χ0) is 17.5. The van der Waals surface area contributed by atoms with E-state index in [4.69, 9.17) is 9.52 Å². The number of carboxylic acids is 1. The topological polar surface area (TPSA) is 112 Å². The Morgan fingerprint density at radius 2 is 2.21 bits per heavy atom. The third kappa shape index (κ3) is 2.52. The number of aliphatic carboxylic acids is 1. The number of nitriles is 1. The molecule has 7 heteroatoms. The van der Waals surface area contributed by atoms with Gasteiger partial charge in [0, 0.05) is 18.0 Å². The van der Waals surface area contributed by atoms with Gasteiger partial charge in [0.25, 0.3) is 0 Å². The number of carbonyl (C=O) groups is 1. The van der Waals surface area contributed by atoms with E-state index in [1.54, 1.807) is 19.1 Å². The van der Waals surface area contributed by atoms with Gasteiger partial charge in [-0.05, 0) is 25.0 Å². The molecule has 7 nitrogen and oxygen atoms in total. The SMILES string of the molecule is CC(C)c1cc(C#N)cc2nc(C3(C)N=CC(C(=O)O)=CN3)oc12. The van der Waals surface area contributed by atoms with Crippen LogP contribution in [0.2, 0.25) is 0 Å². The quantitative estimate of drug-likeness (QED) is 0.897. The largest absolute Gasteiger partial charge is 0.478 e. The first kappa shape index (κ1) is 15.7. The van der Waals surface area contributed by atoms with Crippen LogP contribution in [0.4, 0.5) is 0 Å². The van der Waals surface area contributed by atoms with Crippen LogP contribution in [0.15, 0.2) is 33.3 Å². The molecule has 0 bridgehead atoms. The number of nitrogens with one attached hydrogen (secondary N) is 1. The van der Waals surface area contributed by atoms with E-state index in [0.717, 1.165) is 5.56 Å². The fraction of sp³-hybridized carbons (Fsp3) is 0.294. The molecule has 0 saturated heterocycles. The predicted molar refractivity (Wildman–Crippen MR) is 87.5 cm³/mol. The number of oxazole rings is 1. The maximum atomic E-state index is 11.0. The van der Waals surface area contributed by atoms with E-state index in [2.05, 4.69) is 21.4 Å². The molecule has 24 heavy (non-hydrogen) atoms. The van der Waals surface area contributed by atoms with E-state index in [1.807, 2.05) is 13.8 Å². The maximum absolute atomic E-state index is 11.0. The van der Waals surface area contributed by atoms with Crippen molar-refractivity contribution in [2.75, 3.05) is 0 Å². The Morgan fingerprint density at radius 3 is 2.75 bits per heavy atom. The zero-order valence-corrected chi connectivity index (χ0v) is 13.5. The van der Waals surface area contributed by atoms with E-state index in [0.29, 0.717) is 22.6 Å². The van der Waals surface area contributed by atoms with Crippen LogP contribution < -0.4 is 5.32 Å². The van der Waals surface area contributed by atoms with Crippen LogP contribution in [0.5, 0.6) is 0 Å². The van der Waals surface area contributed by atoms with Crippen molar-refractivity contribution in [3.05, 3.63) is 40.9 Å². The van der Waals surface area contributed by atoms with Gasteiger partial charge < -0.3 is 14.8 Å². The molecule has 1 aromatic heterocycles. The first-order valence-electron chi connectivity index (χ1n) is 7.45. The Labute approximate surface area is 138 Å². The normalized spacial score (nSPS) is 19.9. The van der Waals surface area contributed by atoms with Crippen molar-refractivity contribution < 1.29 is 14.3 Å². The molecule has 1 atom stereocenters. The molecule has 0 amide bonds. The number of fused-ring (bicyclic) bond motifs is 1. The minimum Gasteiger partial charge on any atom is -0.478 e. The molecule has 0 saturated carbocycles. The molecule has 1 aliphatic rings. The number of aromatic nitrogens is 1. The van der Waals surface area contributed by atoms with Gasteiger partial charge in [0.2, 0.25) is 11.6 Å². The summed E-state index contributed by atoms with van der Waals surface area (Å²) in [5.74, 6) is -0.589. The van der Waals surface area contributed by atoms with Crippen molar-refractivity contribution in [2.45, 2.75) is 32.4 Å². The van der Waals surface area contributed by atoms with E-state index in [-0.39, 0.29) is 11.5 Å². The lowest BCUT2D eigenvalue weighted by molar-refractivity contribution is -0.132. The number of aliphatic imine (C=N–C) groups is 1. The Morgan fingerprint density at radius 1 is 1.46 bits per heavy atom. The molecule has 0 fully saturated rings. The average molecular weight is 324 g/mol. The number of hydrogen-bond donors (Lipinski definition) is 2. The smallest absolute Gasteiger partial charge is 0.338 e. The Bertz CT molecular complexity index is 933. The van der Waals surface area contributed by atoms with Crippen molar-refractivity contribution >= 4 is 23.3 Å². The van der Waals surface area contributed by atoms with Crippen molar-refractivity contribution in [3.8, 4) is 6.07 Å². The van der Waals surface area contributed by atoms with Crippen molar-refractivity contribution in [3.63, 3.8) is 0 Å². The van der Waals surface area contributed by atoms with Gasteiger partial charge in [0.05, 0.1) is 17.2 Å². The van der Waals surface area contributed by atoms with Crippen LogP contribution in [-0.4, -0.2) is 22.3 Å².